The van der Waals surface area contributed by atoms with Crippen LogP contribution in [0, 0.1) is 5.92 Å². The first kappa shape index (κ1) is 14.5. The van der Waals surface area contributed by atoms with Gasteiger partial charge in [-0.2, -0.15) is 0 Å². The first-order chi connectivity index (χ1) is 8.43. The van der Waals surface area contributed by atoms with Gasteiger partial charge in [0.15, 0.2) is 0 Å². The predicted octanol–water partition coefficient (Wildman–Crippen LogP) is 1.12. The van der Waals surface area contributed by atoms with Crippen LogP contribution in [0.2, 0.25) is 0 Å². The molecule has 0 aliphatic heterocycles. The minimum absolute atomic E-state index is 0.208. The molecule has 18 heavy (non-hydrogen) atoms. The predicted molar refractivity (Wildman–Crippen MR) is 72.3 cm³/mol. The summed E-state index contributed by atoms with van der Waals surface area (Å²) < 4.78 is 0. The quantitative estimate of drug-likeness (QED) is 0.706. The maximum atomic E-state index is 11.1. The molecule has 5 N–H and O–H groups in total. The highest BCUT2D eigenvalue weighted by Gasteiger charge is 2.12. The van der Waals surface area contributed by atoms with Gasteiger partial charge in [-0.15, -0.1) is 0 Å². The van der Waals surface area contributed by atoms with E-state index in [9.17, 15) is 9.90 Å². The van der Waals surface area contributed by atoms with E-state index in [1.165, 1.54) is 0 Å². The molecule has 0 radical (unpaired) electrons. The summed E-state index contributed by atoms with van der Waals surface area (Å²) >= 11 is 0. The lowest BCUT2D eigenvalue weighted by atomic mass is 9.93. The summed E-state index contributed by atoms with van der Waals surface area (Å²) in [5.41, 5.74) is 13.4. The van der Waals surface area contributed by atoms with Gasteiger partial charge >= 0.3 is 0 Å². The Morgan fingerprint density at radius 1 is 1.28 bits per heavy atom. The van der Waals surface area contributed by atoms with Crippen molar-refractivity contribution in [3.05, 3.63) is 28.8 Å². The van der Waals surface area contributed by atoms with Gasteiger partial charge in [-0.1, -0.05) is 19.9 Å². The zero-order valence-corrected chi connectivity index (χ0v) is 11.1. The molecule has 0 heterocycles. The van der Waals surface area contributed by atoms with Gasteiger partial charge in [0.25, 0.3) is 0 Å². The Morgan fingerprint density at radius 3 is 2.44 bits per heavy atom. The van der Waals surface area contributed by atoms with Crippen molar-refractivity contribution in [2.24, 2.45) is 17.4 Å². The van der Waals surface area contributed by atoms with Crippen LogP contribution in [0.5, 0.6) is 5.75 Å². The molecule has 1 rings (SSSR count). The molecule has 100 valence electrons. The molecule has 0 spiro atoms. The summed E-state index contributed by atoms with van der Waals surface area (Å²) in [7, 11) is 0. The Balaban J connectivity index is 3.13. The molecular weight excluding hydrogens is 228 g/mol. The van der Waals surface area contributed by atoms with Crippen molar-refractivity contribution < 1.29 is 9.90 Å². The SMILES string of the molecule is CC(C)Cc1cc(O)c(CCN)cc1CC(N)=O. The number of primary amides is 1. The van der Waals surface area contributed by atoms with Crippen molar-refractivity contribution >= 4 is 5.91 Å². The molecule has 0 fully saturated rings. The maximum Gasteiger partial charge on any atom is 0.221 e. The summed E-state index contributed by atoms with van der Waals surface area (Å²) in [5.74, 6) is 0.352. The van der Waals surface area contributed by atoms with Gasteiger partial charge in [-0.05, 0) is 48.1 Å². The van der Waals surface area contributed by atoms with Gasteiger partial charge in [-0.25, -0.2) is 0 Å². The molecule has 0 bridgehead atoms. The fraction of sp³-hybridized carbons (Fsp3) is 0.500. The number of benzene rings is 1. The second-order valence-corrected chi connectivity index (χ2v) is 5.03. The number of hydrogen-bond acceptors (Lipinski definition) is 3. The average molecular weight is 250 g/mol. The average Bonchev–Trinajstić information content (AvgIpc) is 2.23. The fourth-order valence-electron chi connectivity index (χ4n) is 2.07. The van der Waals surface area contributed by atoms with Crippen LogP contribution >= 0.6 is 0 Å². The number of rotatable bonds is 6. The van der Waals surface area contributed by atoms with Crippen molar-refractivity contribution in [2.75, 3.05) is 6.54 Å². The van der Waals surface area contributed by atoms with E-state index in [4.69, 9.17) is 11.5 Å². The molecule has 4 heteroatoms. The van der Waals surface area contributed by atoms with E-state index in [1.807, 2.05) is 6.07 Å². The second kappa shape index (κ2) is 6.40. The van der Waals surface area contributed by atoms with E-state index >= 15 is 0 Å². The van der Waals surface area contributed by atoms with E-state index < -0.39 is 0 Å². The van der Waals surface area contributed by atoms with E-state index in [0.717, 1.165) is 23.1 Å². The molecule has 0 aliphatic rings. The minimum atomic E-state index is -0.357. The summed E-state index contributed by atoms with van der Waals surface area (Å²) in [6.45, 7) is 4.66. The summed E-state index contributed by atoms with van der Waals surface area (Å²) in [5, 5.41) is 9.92. The van der Waals surface area contributed by atoms with E-state index in [1.54, 1.807) is 6.07 Å². The molecule has 0 saturated heterocycles. The number of hydrogen-bond donors (Lipinski definition) is 3. The molecule has 1 amide bonds. The first-order valence-electron chi connectivity index (χ1n) is 6.26. The number of amides is 1. The first-order valence-corrected chi connectivity index (χ1v) is 6.26. The number of phenolic OH excluding ortho intramolecular Hbond substituents is 1. The normalized spacial score (nSPS) is 10.9. The zero-order chi connectivity index (χ0) is 13.7. The lowest BCUT2D eigenvalue weighted by molar-refractivity contribution is -0.117. The molecule has 0 aliphatic carbocycles. The Hall–Kier alpha value is -1.55. The third-order valence-electron chi connectivity index (χ3n) is 2.81. The van der Waals surface area contributed by atoms with Crippen LogP contribution in [0.4, 0.5) is 0 Å². The lowest BCUT2D eigenvalue weighted by Gasteiger charge is -2.14. The van der Waals surface area contributed by atoms with Crippen LogP contribution in [0.1, 0.15) is 30.5 Å². The third-order valence-corrected chi connectivity index (χ3v) is 2.81. The Bertz CT molecular complexity index is 428. The maximum absolute atomic E-state index is 11.1. The van der Waals surface area contributed by atoms with E-state index in [2.05, 4.69) is 13.8 Å². The number of carbonyl (C=O) groups is 1. The Kier molecular flexibility index (Phi) is 5.16. The van der Waals surface area contributed by atoms with Crippen LogP contribution in [0.15, 0.2) is 12.1 Å². The van der Waals surface area contributed by atoms with E-state index in [-0.39, 0.29) is 18.1 Å². The highest BCUT2D eigenvalue weighted by molar-refractivity contribution is 5.77. The van der Waals surface area contributed by atoms with Crippen LogP contribution in [0.3, 0.4) is 0 Å². The van der Waals surface area contributed by atoms with Gasteiger partial charge in [0, 0.05) is 0 Å². The molecular formula is C14H22N2O2. The molecule has 0 atom stereocenters. The topological polar surface area (TPSA) is 89.3 Å². The van der Waals surface area contributed by atoms with Crippen molar-refractivity contribution in [3.63, 3.8) is 0 Å². The number of aromatic hydroxyl groups is 1. The van der Waals surface area contributed by atoms with Gasteiger partial charge in [-0.3, -0.25) is 4.79 Å². The molecule has 1 aromatic rings. The monoisotopic (exact) mass is 250 g/mol. The van der Waals surface area contributed by atoms with E-state index in [0.29, 0.717) is 18.9 Å². The molecule has 0 aromatic heterocycles. The fourth-order valence-corrected chi connectivity index (χ4v) is 2.07. The van der Waals surface area contributed by atoms with Crippen LogP contribution in [0.25, 0.3) is 0 Å². The Morgan fingerprint density at radius 2 is 1.94 bits per heavy atom. The van der Waals surface area contributed by atoms with Crippen LogP contribution < -0.4 is 11.5 Å². The lowest BCUT2D eigenvalue weighted by Crippen LogP contribution is -2.16. The van der Waals surface area contributed by atoms with Gasteiger partial charge < -0.3 is 16.6 Å². The van der Waals surface area contributed by atoms with Crippen molar-refractivity contribution in [2.45, 2.75) is 33.1 Å². The van der Waals surface area contributed by atoms with Gasteiger partial charge in [0.05, 0.1) is 6.42 Å². The molecule has 4 nitrogen and oxygen atoms in total. The number of carbonyl (C=O) groups excluding carboxylic acids is 1. The second-order valence-electron chi connectivity index (χ2n) is 5.03. The highest BCUT2D eigenvalue weighted by Crippen LogP contribution is 2.25. The van der Waals surface area contributed by atoms with Crippen molar-refractivity contribution in [1.82, 2.24) is 0 Å². The summed E-state index contributed by atoms with van der Waals surface area (Å²) in [6.07, 6.45) is 1.62. The Labute approximate surface area is 108 Å². The third kappa shape index (κ3) is 4.04. The van der Waals surface area contributed by atoms with Gasteiger partial charge in [0.2, 0.25) is 5.91 Å². The van der Waals surface area contributed by atoms with Crippen LogP contribution in [-0.2, 0) is 24.1 Å². The van der Waals surface area contributed by atoms with Crippen molar-refractivity contribution in [1.29, 1.82) is 0 Å². The minimum Gasteiger partial charge on any atom is -0.508 e. The smallest absolute Gasteiger partial charge is 0.221 e. The largest absolute Gasteiger partial charge is 0.508 e. The summed E-state index contributed by atoms with van der Waals surface area (Å²) in [6, 6.07) is 3.59. The molecule has 1 aromatic carbocycles. The zero-order valence-electron chi connectivity index (χ0n) is 11.1. The standard InChI is InChI=1S/C14H22N2O2/c1-9(2)5-11-7-13(17)10(3-4-15)6-12(11)8-14(16)18/h6-7,9,17H,3-5,8,15H2,1-2H3,(H2,16,18). The number of nitrogens with two attached hydrogens (primary N) is 2. The molecule has 0 unspecified atom stereocenters. The highest BCUT2D eigenvalue weighted by atomic mass is 16.3. The van der Waals surface area contributed by atoms with Gasteiger partial charge in [0.1, 0.15) is 5.75 Å². The molecule has 0 saturated carbocycles. The number of phenols is 1. The van der Waals surface area contributed by atoms with Crippen LogP contribution in [-0.4, -0.2) is 17.6 Å². The van der Waals surface area contributed by atoms with Crippen molar-refractivity contribution in [3.8, 4) is 5.75 Å². The summed E-state index contributed by atoms with van der Waals surface area (Å²) in [4.78, 5) is 11.1.